The van der Waals surface area contributed by atoms with E-state index in [1.807, 2.05) is 0 Å². The second-order valence-electron chi connectivity index (χ2n) is 5.64. The number of likely N-dealkylation sites (tertiary alicyclic amines) is 1. The number of rotatable bonds is 4. The van der Waals surface area contributed by atoms with Gasteiger partial charge >= 0.3 is 0 Å². The molecule has 0 amide bonds. The van der Waals surface area contributed by atoms with E-state index in [9.17, 15) is 0 Å². The van der Waals surface area contributed by atoms with E-state index in [0.29, 0.717) is 17.9 Å². The maximum Gasteiger partial charge on any atom is 0.241 e. The zero-order chi connectivity index (χ0) is 14.2. The molecule has 0 spiro atoms. The van der Waals surface area contributed by atoms with E-state index < -0.39 is 0 Å². The normalized spacial score (nSPS) is 22.6. The number of aromatic nitrogens is 5. The summed E-state index contributed by atoms with van der Waals surface area (Å²) in [5.74, 6) is 1.24. The highest BCUT2D eigenvalue weighted by atomic mass is 15.3. The summed E-state index contributed by atoms with van der Waals surface area (Å²) in [6, 6.07) is 1.18. The van der Waals surface area contributed by atoms with Gasteiger partial charge in [0.1, 0.15) is 6.33 Å². The summed E-state index contributed by atoms with van der Waals surface area (Å²) >= 11 is 0. The first-order valence-electron chi connectivity index (χ1n) is 7.28. The Morgan fingerprint density at radius 1 is 1.19 bits per heavy atom. The standard InChI is InChI=1S/C13H18N8/c14-11-17-12(19-13(18-11)21-6-4-15-8-21)16-9-3-5-20(7-9)10-1-2-10/h4,6,8-10H,1-3,5,7H2,(H3,14,16,17,18,19). The molecular formula is C13H18N8. The molecule has 3 heterocycles. The van der Waals surface area contributed by atoms with Gasteiger partial charge in [-0.2, -0.15) is 15.0 Å². The first-order chi connectivity index (χ1) is 10.3. The van der Waals surface area contributed by atoms with Gasteiger partial charge in [0.15, 0.2) is 0 Å². The number of hydrogen-bond donors (Lipinski definition) is 2. The third-order valence-corrected chi connectivity index (χ3v) is 3.99. The molecule has 1 aliphatic heterocycles. The number of anilines is 2. The van der Waals surface area contributed by atoms with Crippen LogP contribution in [0.5, 0.6) is 0 Å². The van der Waals surface area contributed by atoms with Gasteiger partial charge in [0.2, 0.25) is 17.8 Å². The largest absolute Gasteiger partial charge is 0.368 e. The Bertz CT molecular complexity index is 621. The van der Waals surface area contributed by atoms with E-state index in [1.165, 1.54) is 12.8 Å². The average Bonchev–Trinajstić information content (AvgIpc) is 2.99. The van der Waals surface area contributed by atoms with Crippen molar-refractivity contribution < 1.29 is 0 Å². The minimum Gasteiger partial charge on any atom is -0.368 e. The zero-order valence-corrected chi connectivity index (χ0v) is 11.7. The molecule has 2 aromatic heterocycles. The van der Waals surface area contributed by atoms with Gasteiger partial charge in [-0.05, 0) is 19.3 Å². The van der Waals surface area contributed by atoms with Crippen molar-refractivity contribution in [3.05, 3.63) is 18.7 Å². The van der Waals surface area contributed by atoms with Gasteiger partial charge in [0.05, 0.1) is 0 Å². The summed E-state index contributed by atoms with van der Waals surface area (Å²) in [5.41, 5.74) is 5.78. The smallest absolute Gasteiger partial charge is 0.241 e. The quantitative estimate of drug-likeness (QED) is 0.833. The van der Waals surface area contributed by atoms with Crippen LogP contribution in [0.25, 0.3) is 5.95 Å². The minimum absolute atomic E-state index is 0.216. The molecule has 110 valence electrons. The van der Waals surface area contributed by atoms with E-state index in [1.54, 1.807) is 23.3 Å². The van der Waals surface area contributed by atoms with Crippen molar-refractivity contribution in [3.63, 3.8) is 0 Å². The van der Waals surface area contributed by atoms with Crippen molar-refractivity contribution in [1.82, 2.24) is 29.4 Å². The van der Waals surface area contributed by atoms with Crippen LogP contribution in [-0.2, 0) is 0 Å². The summed E-state index contributed by atoms with van der Waals surface area (Å²) in [6.07, 6.45) is 8.90. The third kappa shape index (κ3) is 2.66. The van der Waals surface area contributed by atoms with Gasteiger partial charge in [-0.15, -0.1) is 0 Å². The molecule has 1 aliphatic carbocycles. The second-order valence-corrected chi connectivity index (χ2v) is 5.64. The summed E-state index contributed by atoms with van der Waals surface area (Å²) in [4.78, 5) is 19.3. The van der Waals surface area contributed by atoms with E-state index >= 15 is 0 Å². The lowest BCUT2D eigenvalue weighted by Gasteiger charge is -2.16. The highest BCUT2D eigenvalue weighted by Gasteiger charge is 2.34. The Balaban J connectivity index is 1.50. The highest BCUT2D eigenvalue weighted by molar-refractivity contribution is 5.36. The number of nitrogens with one attached hydrogen (secondary N) is 1. The van der Waals surface area contributed by atoms with E-state index in [-0.39, 0.29) is 5.95 Å². The molecule has 0 aromatic carbocycles. The predicted octanol–water partition coefficient (Wildman–Crippen LogP) is 0.288. The number of nitrogens with two attached hydrogens (primary N) is 1. The van der Waals surface area contributed by atoms with Crippen molar-refractivity contribution in [2.45, 2.75) is 31.3 Å². The molecule has 4 rings (SSSR count). The van der Waals surface area contributed by atoms with Gasteiger partial charge in [-0.3, -0.25) is 9.47 Å². The summed E-state index contributed by atoms with van der Waals surface area (Å²) in [6.45, 7) is 2.20. The number of nitrogen functional groups attached to an aromatic ring is 1. The van der Waals surface area contributed by atoms with Crippen LogP contribution in [0.3, 0.4) is 0 Å². The van der Waals surface area contributed by atoms with Crippen LogP contribution >= 0.6 is 0 Å². The van der Waals surface area contributed by atoms with Crippen LogP contribution in [0.4, 0.5) is 11.9 Å². The molecule has 8 nitrogen and oxygen atoms in total. The molecular weight excluding hydrogens is 268 g/mol. The van der Waals surface area contributed by atoms with Gasteiger partial charge in [-0.25, -0.2) is 4.98 Å². The molecule has 2 aromatic rings. The Kier molecular flexibility index (Phi) is 2.95. The average molecular weight is 286 g/mol. The Morgan fingerprint density at radius 3 is 2.86 bits per heavy atom. The number of imidazole rings is 1. The summed E-state index contributed by atoms with van der Waals surface area (Å²) < 4.78 is 1.72. The topological polar surface area (TPSA) is 97.8 Å². The van der Waals surface area contributed by atoms with Crippen molar-refractivity contribution >= 4 is 11.9 Å². The molecule has 21 heavy (non-hydrogen) atoms. The second kappa shape index (κ2) is 4.96. The lowest BCUT2D eigenvalue weighted by molar-refractivity contribution is 0.326. The molecule has 8 heteroatoms. The molecule has 2 aliphatic rings. The van der Waals surface area contributed by atoms with Crippen molar-refractivity contribution in [1.29, 1.82) is 0 Å². The van der Waals surface area contributed by atoms with Crippen molar-refractivity contribution in [2.75, 3.05) is 24.1 Å². The fraction of sp³-hybridized carbons (Fsp3) is 0.538. The fourth-order valence-electron chi connectivity index (χ4n) is 2.80. The SMILES string of the molecule is Nc1nc(NC2CCN(C3CC3)C2)nc(-n2ccnc2)n1. The third-order valence-electron chi connectivity index (χ3n) is 3.99. The van der Waals surface area contributed by atoms with Crippen LogP contribution in [0, 0.1) is 0 Å². The van der Waals surface area contributed by atoms with Gasteiger partial charge < -0.3 is 11.1 Å². The Labute approximate surface area is 122 Å². The molecule has 2 fully saturated rings. The minimum atomic E-state index is 0.216. The van der Waals surface area contributed by atoms with Gasteiger partial charge in [0, 0.05) is 37.6 Å². The predicted molar refractivity (Wildman–Crippen MR) is 78.0 cm³/mol. The molecule has 1 unspecified atom stereocenters. The first kappa shape index (κ1) is 12.5. The van der Waals surface area contributed by atoms with Crippen molar-refractivity contribution in [3.8, 4) is 5.95 Å². The summed E-state index contributed by atoms with van der Waals surface area (Å²) in [7, 11) is 0. The maximum absolute atomic E-state index is 5.78. The number of nitrogens with zero attached hydrogens (tertiary/aromatic N) is 6. The van der Waals surface area contributed by atoms with Crippen LogP contribution in [0.1, 0.15) is 19.3 Å². The van der Waals surface area contributed by atoms with Crippen LogP contribution < -0.4 is 11.1 Å². The lowest BCUT2D eigenvalue weighted by atomic mass is 10.3. The molecule has 1 saturated carbocycles. The maximum atomic E-state index is 5.78. The molecule has 0 radical (unpaired) electrons. The van der Waals surface area contributed by atoms with Gasteiger partial charge in [0.25, 0.3) is 0 Å². The number of hydrogen-bond acceptors (Lipinski definition) is 7. The van der Waals surface area contributed by atoms with E-state index in [0.717, 1.165) is 25.6 Å². The van der Waals surface area contributed by atoms with Gasteiger partial charge in [-0.1, -0.05) is 0 Å². The summed E-state index contributed by atoms with van der Waals surface area (Å²) in [5, 5.41) is 3.38. The van der Waals surface area contributed by atoms with E-state index in [4.69, 9.17) is 5.73 Å². The van der Waals surface area contributed by atoms with Crippen LogP contribution in [-0.4, -0.2) is 54.6 Å². The molecule has 1 saturated heterocycles. The lowest BCUT2D eigenvalue weighted by Crippen LogP contribution is -2.28. The fourth-order valence-corrected chi connectivity index (χ4v) is 2.80. The highest BCUT2D eigenvalue weighted by Crippen LogP contribution is 2.30. The van der Waals surface area contributed by atoms with Crippen LogP contribution in [0.15, 0.2) is 18.7 Å². The molecule has 3 N–H and O–H groups in total. The van der Waals surface area contributed by atoms with Crippen LogP contribution in [0.2, 0.25) is 0 Å². The van der Waals surface area contributed by atoms with E-state index in [2.05, 4.69) is 30.2 Å². The Morgan fingerprint density at radius 2 is 2.10 bits per heavy atom. The monoisotopic (exact) mass is 286 g/mol. The van der Waals surface area contributed by atoms with Crippen molar-refractivity contribution in [2.24, 2.45) is 0 Å². The first-order valence-corrected chi connectivity index (χ1v) is 7.28. The Hall–Kier alpha value is -2.22. The molecule has 1 atom stereocenters. The molecule has 0 bridgehead atoms. The zero-order valence-electron chi connectivity index (χ0n) is 11.7.